The van der Waals surface area contributed by atoms with E-state index < -0.39 is 8.07 Å². The lowest BCUT2D eigenvalue weighted by Crippen LogP contribution is -2.47. The van der Waals surface area contributed by atoms with Gasteiger partial charge in [-0.2, -0.15) is 0 Å². The molecule has 2 rings (SSSR count). The third-order valence-corrected chi connectivity index (χ3v) is 12.7. The molecule has 0 aromatic heterocycles. The number of hydrogen-bond donors (Lipinski definition) is 0. The van der Waals surface area contributed by atoms with E-state index in [1.165, 1.54) is 29.0 Å². The summed E-state index contributed by atoms with van der Waals surface area (Å²) in [5, 5.41) is 1.64. The summed E-state index contributed by atoms with van der Waals surface area (Å²) in [5.74, 6) is 1.02. The highest BCUT2D eigenvalue weighted by molar-refractivity contribution is 14.1. The lowest BCUT2D eigenvalue weighted by atomic mass is 10.3. The van der Waals surface area contributed by atoms with Crippen LogP contribution >= 0.6 is 22.6 Å². The minimum Gasteiger partial charge on any atom is -0.494 e. The first-order chi connectivity index (χ1) is 7.80. The van der Waals surface area contributed by atoms with Gasteiger partial charge in [0, 0.05) is 0 Å². The van der Waals surface area contributed by atoms with E-state index in [1.54, 1.807) is 5.19 Å². The van der Waals surface area contributed by atoms with Crippen molar-refractivity contribution in [1.82, 2.24) is 0 Å². The summed E-state index contributed by atoms with van der Waals surface area (Å²) in [5.41, 5.74) is 0. The monoisotopic (exact) mass is 346 g/mol. The van der Waals surface area contributed by atoms with Crippen LogP contribution in [0.4, 0.5) is 0 Å². The first-order valence-corrected chi connectivity index (χ1v) is 10.2. The van der Waals surface area contributed by atoms with Gasteiger partial charge in [-0.3, -0.25) is 0 Å². The Hall–Kier alpha value is -0.0331. The van der Waals surface area contributed by atoms with E-state index in [2.05, 4.69) is 46.9 Å². The van der Waals surface area contributed by atoms with Crippen molar-refractivity contribution in [2.75, 3.05) is 10.7 Å². The first kappa shape index (κ1) is 12.4. The van der Waals surface area contributed by atoms with Crippen molar-refractivity contribution in [2.45, 2.75) is 31.9 Å². The van der Waals surface area contributed by atoms with Gasteiger partial charge in [0.15, 0.2) is 0 Å². The standard InChI is InChI=1S/C13H19IOSi/c1-2-15-12-5-7-13(8-6-12)16(11-14)9-3-4-10-16/h5-8H,2-4,9-11H2,1H3. The normalized spacial score (nSPS) is 18.6. The zero-order valence-corrected chi connectivity index (χ0v) is 13.0. The predicted octanol–water partition coefficient (Wildman–Crippen LogP) is 3.51. The van der Waals surface area contributed by atoms with Crippen LogP contribution in [0.5, 0.6) is 5.75 Å². The van der Waals surface area contributed by atoms with Crippen LogP contribution in [0.2, 0.25) is 12.1 Å². The van der Waals surface area contributed by atoms with Crippen LogP contribution in [0, 0.1) is 0 Å². The van der Waals surface area contributed by atoms with Crippen molar-refractivity contribution in [2.24, 2.45) is 0 Å². The van der Waals surface area contributed by atoms with E-state index in [-0.39, 0.29) is 0 Å². The maximum atomic E-state index is 5.50. The molecule has 1 aliphatic heterocycles. The largest absolute Gasteiger partial charge is 0.494 e. The Bertz CT molecular complexity index is 330. The minimum absolute atomic E-state index is 0.758. The van der Waals surface area contributed by atoms with Gasteiger partial charge in [-0.15, -0.1) is 0 Å². The molecule has 1 saturated heterocycles. The SMILES string of the molecule is CCOc1ccc([Si]2(CI)CCCC2)cc1. The molecule has 0 N–H and O–H groups in total. The molecule has 1 aromatic rings. The number of rotatable bonds is 4. The Morgan fingerprint density at radius 1 is 1.19 bits per heavy atom. The van der Waals surface area contributed by atoms with Gasteiger partial charge < -0.3 is 4.74 Å². The molecule has 1 aromatic carbocycles. The molecule has 1 fully saturated rings. The third-order valence-electron chi connectivity index (χ3n) is 3.59. The van der Waals surface area contributed by atoms with Crippen LogP contribution in [0.25, 0.3) is 0 Å². The summed E-state index contributed by atoms with van der Waals surface area (Å²) in [6.45, 7) is 2.79. The molecule has 1 nitrogen and oxygen atoms in total. The summed E-state index contributed by atoms with van der Waals surface area (Å²) in [6, 6.07) is 11.9. The molecule has 0 saturated carbocycles. The van der Waals surface area contributed by atoms with Crippen molar-refractivity contribution >= 4 is 35.9 Å². The summed E-state index contributed by atoms with van der Waals surface area (Å²) in [6.07, 6.45) is 2.89. The Morgan fingerprint density at radius 3 is 2.31 bits per heavy atom. The van der Waals surface area contributed by atoms with Gasteiger partial charge in [0.2, 0.25) is 0 Å². The average molecular weight is 346 g/mol. The number of hydrogen-bond acceptors (Lipinski definition) is 1. The van der Waals surface area contributed by atoms with Gasteiger partial charge in [-0.1, -0.05) is 64.8 Å². The van der Waals surface area contributed by atoms with Gasteiger partial charge in [0.05, 0.1) is 14.7 Å². The van der Waals surface area contributed by atoms with Crippen LogP contribution in [-0.4, -0.2) is 18.7 Å². The fourth-order valence-electron chi connectivity index (χ4n) is 2.62. The zero-order valence-electron chi connectivity index (χ0n) is 9.84. The second-order valence-corrected chi connectivity index (χ2v) is 11.3. The Labute approximate surface area is 113 Å². The van der Waals surface area contributed by atoms with E-state index in [0.29, 0.717) is 0 Å². The van der Waals surface area contributed by atoms with Gasteiger partial charge in [0.25, 0.3) is 0 Å². The first-order valence-electron chi connectivity index (χ1n) is 6.10. The van der Waals surface area contributed by atoms with E-state index in [0.717, 1.165) is 12.4 Å². The second-order valence-electron chi connectivity index (χ2n) is 4.58. The molecule has 0 aliphatic carbocycles. The van der Waals surface area contributed by atoms with E-state index in [1.807, 2.05) is 6.92 Å². The number of alkyl halides is 1. The maximum absolute atomic E-state index is 5.50. The Balaban J connectivity index is 2.19. The van der Waals surface area contributed by atoms with Gasteiger partial charge in [-0.25, -0.2) is 0 Å². The summed E-state index contributed by atoms with van der Waals surface area (Å²) in [7, 11) is -1.10. The molecule has 0 spiro atoms. The quantitative estimate of drug-likeness (QED) is 0.461. The van der Waals surface area contributed by atoms with Gasteiger partial charge in [0.1, 0.15) is 5.75 Å². The maximum Gasteiger partial charge on any atom is 0.119 e. The molecule has 1 aliphatic rings. The molecule has 0 atom stereocenters. The molecule has 3 heteroatoms. The average Bonchev–Trinajstić information content (AvgIpc) is 2.80. The van der Waals surface area contributed by atoms with Gasteiger partial charge >= 0.3 is 0 Å². The Kier molecular flexibility index (Phi) is 4.30. The molecular weight excluding hydrogens is 327 g/mol. The second kappa shape index (κ2) is 5.54. The van der Waals surface area contributed by atoms with Crippen molar-refractivity contribution < 1.29 is 4.74 Å². The summed E-state index contributed by atoms with van der Waals surface area (Å²) in [4.78, 5) is 0. The topological polar surface area (TPSA) is 9.23 Å². The van der Waals surface area contributed by atoms with Crippen molar-refractivity contribution in [1.29, 1.82) is 0 Å². The van der Waals surface area contributed by atoms with Crippen molar-refractivity contribution in [3.05, 3.63) is 24.3 Å². The number of benzene rings is 1. The van der Waals surface area contributed by atoms with E-state index >= 15 is 0 Å². The molecule has 88 valence electrons. The van der Waals surface area contributed by atoms with Crippen molar-refractivity contribution in [3.8, 4) is 5.75 Å². The third kappa shape index (κ3) is 2.45. The lowest BCUT2D eigenvalue weighted by molar-refractivity contribution is 0.340. The highest BCUT2D eigenvalue weighted by Crippen LogP contribution is 2.31. The molecular formula is C13H19IOSi. The molecule has 0 unspecified atom stereocenters. The van der Waals surface area contributed by atoms with Crippen molar-refractivity contribution in [3.63, 3.8) is 0 Å². The summed E-state index contributed by atoms with van der Waals surface area (Å²) < 4.78 is 6.88. The zero-order chi connectivity index (χ0) is 11.4. The van der Waals surface area contributed by atoms with Crippen LogP contribution in [0.1, 0.15) is 19.8 Å². The predicted molar refractivity (Wildman–Crippen MR) is 80.7 cm³/mol. The van der Waals surface area contributed by atoms with Gasteiger partial charge in [-0.05, 0) is 23.1 Å². The van der Waals surface area contributed by atoms with Crippen LogP contribution < -0.4 is 9.92 Å². The molecule has 16 heavy (non-hydrogen) atoms. The molecule has 0 amide bonds. The van der Waals surface area contributed by atoms with E-state index in [9.17, 15) is 0 Å². The smallest absolute Gasteiger partial charge is 0.119 e. The fraction of sp³-hybridized carbons (Fsp3) is 0.538. The molecule has 0 bridgehead atoms. The van der Waals surface area contributed by atoms with Crippen LogP contribution in [0.3, 0.4) is 0 Å². The van der Waals surface area contributed by atoms with E-state index in [4.69, 9.17) is 4.74 Å². The number of halogens is 1. The van der Waals surface area contributed by atoms with Crippen LogP contribution in [0.15, 0.2) is 24.3 Å². The van der Waals surface area contributed by atoms with Crippen LogP contribution in [-0.2, 0) is 0 Å². The lowest BCUT2D eigenvalue weighted by Gasteiger charge is -2.24. The highest BCUT2D eigenvalue weighted by Gasteiger charge is 2.36. The number of ether oxygens (including phenoxy) is 1. The fourth-order valence-corrected chi connectivity index (χ4v) is 10.2. The summed E-state index contributed by atoms with van der Waals surface area (Å²) >= 11 is 2.60. The molecule has 0 radical (unpaired) electrons. The molecule has 1 heterocycles. The highest BCUT2D eigenvalue weighted by atomic mass is 127. The minimum atomic E-state index is -1.10. The Morgan fingerprint density at radius 2 is 1.81 bits per heavy atom.